The molecule has 0 fully saturated rings. The number of amides is 1. The second-order valence-electron chi connectivity index (χ2n) is 3.71. The molecule has 0 saturated heterocycles. The summed E-state index contributed by atoms with van der Waals surface area (Å²) >= 11 is 9.41. The summed E-state index contributed by atoms with van der Waals surface area (Å²) in [6.07, 6.45) is 1.72. The number of hydrogen-bond donors (Lipinski definition) is 2. The predicted molar refractivity (Wildman–Crippen MR) is 75.0 cm³/mol. The molecule has 100 valence electrons. The predicted octanol–water partition coefficient (Wildman–Crippen LogP) is 1.26. The van der Waals surface area contributed by atoms with Crippen molar-refractivity contribution in [2.24, 2.45) is 5.73 Å². The van der Waals surface area contributed by atoms with Crippen molar-refractivity contribution in [1.82, 2.24) is 20.3 Å². The van der Waals surface area contributed by atoms with Crippen LogP contribution in [0.25, 0.3) is 5.69 Å². The molecule has 6 nitrogen and oxygen atoms in total. The molecule has 0 saturated carbocycles. The van der Waals surface area contributed by atoms with Crippen LogP contribution in [0.1, 0.15) is 5.69 Å². The van der Waals surface area contributed by atoms with Crippen molar-refractivity contribution >= 4 is 33.4 Å². The van der Waals surface area contributed by atoms with Crippen LogP contribution >= 0.6 is 27.5 Å². The van der Waals surface area contributed by atoms with Crippen molar-refractivity contribution in [2.75, 3.05) is 6.54 Å². The number of carbonyl (C=O) groups is 1. The van der Waals surface area contributed by atoms with E-state index in [1.54, 1.807) is 16.9 Å². The summed E-state index contributed by atoms with van der Waals surface area (Å²) in [7, 11) is 0. The Bertz CT molecular complexity index is 601. The van der Waals surface area contributed by atoms with Crippen LogP contribution < -0.4 is 11.1 Å². The lowest BCUT2D eigenvalue weighted by molar-refractivity contribution is -0.119. The lowest BCUT2D eigenvalue weighted by atomic mass is 10.3. The molecule has 0 spiro atoms. The van der Waals surface area contributed by atoms with E-state index in [0.29, 0.717) is 10.7 Å². The Labute approximate surface area is 123 Å². The number of halogens is 2. The van der Waals surface area contributed by atoms with Crippen LogP contribution in [0.2, 0.25) is 5.02 Å². The minimum atomic E-state index is -0.238. The first-order valence-corrected chi connectivity index (χ1v) is 6.61. The van der Waals surface area contributed by atoms with Gasteiger partial charge in [0.2, 0.25) is 5.91 Å². The SMILES string of the molecule is NCC(=O)NCc1cn(-c2cccc(Cl)c2Br)nn1. The Morgan fingerprint density at radius 1 is 1.53 bits per heavy atom. The Hall–Kier alpha value is -1.44. The van der Waals surface area contributed by atoms with Gasteiger partial charge in [-0.3, -0.25) is 4.79 Å². The number of rotatable bonds is 4. The first-order chi connectivity index (χ1) is 9.11. The molecular weight excluding hydrogens is 334 g/mol. The maximum Gasteiger partial charge on any atom is 0.234 e. The van der Waals surface area contributed by atoms with Gasteiger partial charge in [0.1, 0.15) is 5.69 Å². The third-order valence-corrected chi connectivity index (χ3v) is 3.75. The highest BCUT2D eigenvalue weighted by Crippen LogP contribution is 2.28. The minimum absolute atomic E-state index is 0.0476. The van der Waals surface area contributed by atoms with E-state index in [-0.39, 0.29) is 19.0 Å². The Balaban J connectivity index is 2.17. The fraction of sp³-hybridized carbons (Fsp3) is 0.182. The molecule has 0 radical (unpaired) electrons. The monoisotopic (exact) mass is 343 g/mol. The summed E-state index contributed by atoms with van der Waals surface area (Å²) in [5.74, 6) is -0.238. The largest absolute Gasteiger partial charge is 0.349 e. The molecule has 8 heteroatoms. The molecule has 19 heavy (non-hydrogen) atoms. The zero-order valence-corrected chi connectivity index (χ0v) is 12.1. The molecular formula is C11H11BrClN5O. The normalized spacial score (nSPS) is 10.5. The van der Waals surface area contributed by atoms with Gasteiger partial charge in [0.05, 0.1) is 34.5 Å². The van der Waals surface area contributed by atoms with Gasteiger partial charge in [-0.05, 0) is 28.1 Å². The van der Waals surface area contributed by atoms with Gasteiger partial charge in [-0.15, -0.1) is 5.10 Å². The molecule has 0 atom stereocenters. The molecule has 2 aromatic rings. The van der Waals surface area contributed by atoms with E-state index in [1.165, 1.54) is 0 Å². The maximum atomic E-state index is 11.0. The first kappa shape index (κ1) is 14.0. The third kappa shape index (κ3) is 3.31. The molecule has 1 aromatic heterocycles. The van der Waals surface area contributed by atoms with E-state index in [9.17, 15) is 4.79 Å². The van der Waals surface area contributed by atoms with Gasteiger partial charge in [-0.1, -0.05) is 22.9 Å². The van der Waals surface area contributed by atoms with Crippen molar-refractivity contribution in [3.63, 3.8) is 0 Å². The summed E-state index contributed by atoms with van der Waals surface area (Å²) in [5.41, 5.74) is 6.60. The number of carbonyl (C=O) groups excluding carboxylic acids is 1. The molecule has 1 amide bonds. The zero-order chi connectivity index (χ0) is 13.8. The summed E-state index contributed by atoms with van der Waals surface area (Å²) < 4.78 is 2.32. The van der Waals surface area contributed by atoms with Gasteiger partial charge in [-0.2, -0.15) is 0 Å². The van der Waals surface area contributed by atoms with E-state index in [0.717, 1.165) is 10.2 Å². The number of aromatic nitrogens is 3. The standard InChI is InChI=1S/C11H11BrClN5O/c12-11-8(13)2-1-3-9(11)18-6-7(16-17-18)5-15-10(19)4-14/h1-3,6H,4-5,14H2,(H,15,19). The van der Waals surface area contributed by atoms with Gasteiger partial charge in [0, 0.05) is 0 Å². The number of nitrogens with one attached hydrogen (secondary N) is 1. The highest BCUT2D eigenvalue weighted by Gasteiger charge is 2.09. The topological polar surface area (TPSA) is 85.8 Å². The van der Waals surface area contributed by atoms with E-state index in [4.69, 9.17) is 17.3 Å². The molecule has 1 heterocycles. The van der Waals surface area contributed by atoms with Crippen LogP contribution in [-0.2, 0) is 11.3 Å². The zero-order valence-electron chi connectivity index (χ0n) is 9.81. The van der Waals surface area contributed by atoms with Crippen molar-refractivity contribution in [1.29, 1.82) is 0 Å². The minimum Gasteiger partial charge on any atom is -0.349 e. The van der Waals surface area contributed by atoms with Gasteiger partial charge >= 0.3 is 0 Å². The Morgan fingerprint density at radius 2 is 2.32 bits per heavy atom. The molecule has 0 unspecified atom stereocenters. The van der Waals surface area contributed by atoms with Gasteiger partial charge < -0.3 is 11.1 Å². The quantitative estimate of drug-likeness (QED) is 0.874. The van der Waals surface area contributed by atoms with Crippen molar-refractivity contribution < 1.29 is 4.79 Å². The number of nitrogens with zero attached hydrogens (tertiary/aromatic N) is 3. The molecule has 0 aliphatic rings. The lowest BCUT2D eigenvalue weighted by Gasteiger charge is -2.04. The summed E-state index contributed by atoms with van der Waals surface area (Å²) in [6.45, 7) is 0.238. The van der Waals surface area contributed by atoms with Crippen LogP contribution in [0.4, 0.5) is 0 Å². The van der Waals surface area contributed by atoms with Crippen LogP contribution in [0, 0.1) is 0 Å². The summed E-state index contributed by atoms with van der Waals surface area (Å²) in [6, 6.07) is 5.45. The molecule has 0 bridgehead atoms. The fourth-order valence-corrected chi connectivity index (χ4v) is 2.04. The number of hydrogen-bond acceptors (Lipinski definition) is 4. The van der Waals surface area contributed by atoms with E-state index in [2.05, 4.69) is 31.6 Å². The summed E-state index contributed by atoms with van der Waals surface area (Å²) in [5, 5.41) is 11.2. The van der Waals surface area contributed by atoms with Gasteiger partial charge in [-0.25, -0.2) is 4.68 Å². The maximum absolute atomic E-state index is 11.0. The molecule has 0 aliphatic carbocycles. The second kappa shape index (κ2) is 6.14. The van der Waals surface area contributed by atoms with Crippen LogP contribution in [0.3, 0.4) is 0 Å². The smallest absolute Gasteiger partial charge is 0.234 e. The van der Waals surface area contributed by atoms with Crippen LogP contribution in [-0.4, -0.2) is 27.4 Å². The molecule has 2 rings (SSSR count). The fourth-order valence-electron chi connectivity index (χ4n) is 1.43. The highest BCUT2D eigenvalue weighted by atomic mass is 79.9. The van der Waals surface area contributed by atoms with Crippen molar-refractivity contribution in [3.8, 4) is 5.69 Å². The van der Waals surface area contributed by atoms with Crippen molar-refractivity contribution in [2.45, 2.75) is 6.54 Å². The average Bonchev–Trinajstić information content (AvgIpc) is 2.87. The average molecular weight is 345 g/mol. The van der Waals surface area contributed by atoms with Crippen LogP contribution in [0.15, 0.2) is 28.9 Å². The first-order valence-electron chi connectivity index (χ1n) is 5.44. The molecule has 0 aliphatic heterocycles. The van der Waals surface area contributed by atoms with Crippen molar-refractivity contribution in [3.05, 3.63) is 39.6 Å². The Morgan fingerprint density at radius 3 is 3.05 bits per heavy atom. The second-order valence-corrected chi connectivity index (χ2v) is 4.91. The van der Waals surface area contributed by atoms with Crippen LogP contribution in [0.5, 0.6) is 0 Å². The lowest BCUT2D eigenvalue weighted by Crippen LogP contribution is -2.29. The Kier molecular flexibility index (Phi) is 4.52. The number of benzene rings is 1. The molecule has 1 aromatic carbocycles. The molecule has 3 N–H and O–H groups in total. The number of nitrogens with two attached hydrogens (primary N) is 1. The van der Waals surface area contributed by atoms with E-state index < -0.39 is 0 Å². The highest BCUT2D eigenvalue weighted by molar-refractivity contribution is 9.10. The summed E-state index contributed by atoms with van der Waals surface area (Å²) in [4.78, 5) is 11.0. The van der Waals surface area contributed by atoms with E-state index >= 15 is 0 Å². The third-order valence-electron chi connectivity index (χ3n) is 2.37. The van der Waals surface area contributed by atoms with E-state index in [1.807, 2.05) is 12.1 Å². The van der Waals surface area contributed by atoms with Gasteiger partial charge in [0.15, 0.2) is 0 Å². The van der Waals surface area contributed by atoms with Gasteiger partial charge in [0.25, 0.3) is 0 Å².